The Morgan fingerprint density at radius 3 is 0.830 bits per heavy atom. The fourth-order valence-corrected chi connectivity index (χ4v) is 6.69. The van der Waals surface area contributed by atoms with E-state index in [1.54, 1.807) is 0 Å². The second-order valence-electron chi connectivity index (χ2n) is 12.3. The van der Waals surface area contributed by atoms with Gasteiger partial charge in [0.05, 0.1) is 22.8 Å². The topological polar surface area (TPSA) is 94.1 Å². The van der Waals surface area contributed by atoms with Gasteiger partial charge < -0.3 is 19.9 Å². The van der Waals surface area contributed by atoms with Crippen molar-refractivity contribution in [2.75, 3.05) is 0 Å². The summed E-state index contributed by atoms with van der Waals surface area (Å²) in [6.45, 7) is 0.972. The van der Waals surface area contributed by atoms with Crippen molar-refractivity contribution in [1.82, 2.24) is 19.9 Å². The predicted molar refractivity (Wildman–Crippen MR) is 209 cm³/mol. The van der Waals surface area contributed by atoms with Crippen molar-refractivity contribution in [2.24, 2.45) is 0 Å². The summed E-state index contributed by atoms with van der Waals surface area (Å²) >= 11 is 0. The molecule has 254 valence electrons. The van der Waals surface area contributed by atoms with E-state index in [-0.39, 0.29) is 17.1 Å². The number of carbonyl (C=O) groups excluding carboxylic acids is 1. The molecule has 0 radical (unpaired) electrons. The molecule has 4 aromatic carbocycles. The first-order valence-electron chi connectivity index (χ1n) is 17.0. The maximum Gasteiger partial charge on any atom is 3.00 e. The minimum Gasteiger partial charge on any atom is -0.657 e. The molecule has 0 atom stereocenters. The van der Waals surface area contributed by atoms with E-state index >= 15 is 0 Å². The summed E-state index contributed by atoms with van der Waals surface area (Å²) in [5, 5.41) is 8.89. The molecule has 2 aliphatic rings. The molecule has 0 amide bonds. The van der Waals surface area contributed by atoms with Crippen LogP contribution in [0.2, 0.25) is 0 Å². The van der Waals surface area contributed by atoms with E-state index in [4.69, 9.17) is 29.8 Å². The summed E-state index contributed by atoms with van der Waals surface area (Å²) in [5.41, 5.74) is 15.0. The van der Waals surface area contributed by atoms with Crippen LogP contribution < -0.4 is 15.1 Å². The number of aliphatic carboxylic acids is 1. The molecule has 9 rings (SSSR count). The fourth-order valence-electron chi connectivity index (χ4n) is 6.69. The Morgan fingerprint density at radius 1 is 0.415 bits per heavy atom. The average Bonchev–Trinajstić information content (AvgIpc) is 4.01. The van der Waals surface area contributed by atoms with Crippen LogP contribution in [0.4, 0.5) is 0 Å². The third kappa shape index (κ3) is 7.17. The van der Waals surface area contributed by atoms with Crippen LogP contribution in [-0.2, 0) is 21.9 Å². The zero-order valence-electron chi connectivity index (χ0n) is 28.6. The summed E-state index contributed by atoms with van der Waals surface area (Å²) in [6.07, 6.45) is 8.41. The van der Waals surface area contributed by atoms with E-state index < -0.39 is 5.97 Å². The average molecular weight is 727 g/mol. The number of hydrogen-bond donors (Lipinski definition) is 0. The van der Waals surface area contributed by atoms with Gasteiger partial charge in [0.2, 0.25) is 0 Å². The number of carboxylic acid groups (broad SMARTS) is 1. The van der Waals surface area contributed by atoms with Crippen LogP contribution in [0, 0.1) is 0 Å². The van der Waals surface area contributed by atoms with Gasteiger partial charge in [0.1, 0.15) is 0 Å². The number of carboxylic acids is 1. The third-order valence-electron chi connectivity index (χ3n) is 8.86. The van der Waals surface area contributed by atoms with Crippen LogP contribution in [0.5, 0.6) is 0 Å². The molecule has 5 heterocycles. The minimum absolute atomic E-state index is 0. The van der Waals surface area contributed by atoms with E-state index in [0.29, 0.717) is 0 Å². The van der Waals surface area contributed by atoms with Gasteiger partial charge in [-0.1, -0.05) is 146 Å². The van der Waals surface area contributed by atoms with Crippen LogP contribution in [-0.4, -0.2) is 15.9 Å². The molecule has 2 aliphatic heterocycles. The van der Waals surface area contributed by atoms with E-state index in [1.165, 1.54) is 0 Å². The first-order chi connectivity index (χ1) is 25.5. The van der Waals surface area contributed by atoms with Crippen molar-refractivity contribution in [2.45, 2.75) is 6.92 Å². The Balaban J connectivity index is 0.000000831. The number of nitrogens with zero attached hydrogens (tertiary/aromatic N) is 4. The van der Waals surface area contributed by atoms with E-state index in [1.807, 2.05) is 24.3 Å². The second kappa shape index (κ2) is 15.4. The smallest absolute Gasteiger partial charge is 0.657 e. The molecule has 53 heavy (non-hydrogen) atoms. The maximum absolute atomic E-state index is 8.89. The number of benzene rings is 4. The normalized spacial score (nSPS) is 11.3. The maximum atomic E-state index is 8.89. The van der Waals surface area contributed by atoms with Crippen molar-refractivity contribution >= 4 is 52.3 Å². The Bertz CT molecular complexity index is 2290. The number of aromatic nitrogens is 4. The van der Waals surface area contributed by atoms with Gasteiger partial charge in [-0.3, -0.25) is 0 Å². The van der Waals surface area contributed by atoms with Gasteiger partial charge in [0.15, 0.2) is 0 Å². The van der Waals surface area contributed by atoms with Gasteiger partial charge in [-0.15, -0.1) is 22.1 Å². The third-order valence-corrected chi connectivity index (χ3v) is 8.86. The molecule has 0 saturated heterocycles. The number of rotatable bonds is 4. The van der Waals surface area contributed by atoms with Crippen LogP contribution in [0.3, 0.4) is 0 Å². The minimum atomic E-state index is -1.08. The Hall–Kier alpha value is -6.53. The SMILES string of the molecule is C1=Cc2nc1c(-c1ccccc1)c1ccc([n-]1)c(-c1ccccc1)c1nc(c(-c3ccccc3)c3ccc([n-]3)c2-c2ccccc2)C=C1.CC(=O)[O-].[Mn+3]. The monoisotopic (exact) mass is 726 g/mol. The number of carbonyl (C=O) groups is 1. The summed E-state index contributed by atoms with van der Waals surface area (Å²) < 4.78 is 0. The molecule has 6 nitrogen and oxygen atoms in total. The second-order valence-corrected chi connectivity index (χ2v) is 12.3. The zero-order valence-corrected chi connectivity index (χ0v) is 29.8. The molecule has 3 aromatic heterocycles. The molecule has 0 N–H and O–H groups in total. The van der Waals surface area contributed by atoms with Gasteiger partial charge in [-0.25, -0.2) is 9.97 Å². The molecule has 8 bridgehead atoms. The van der Waals surface area contributed by atoms with Crippen molar-refractivity contribution in [3.8, 4) is 44.5 Å². The van der Waals surface area contributed by atoms with E-state index in [2.05, 4.69) is 146 Å². The van der Waals surface area contributed by atoms with Crippen molar-refractivity contribution in [3.63, 3.8) is 0 Å². The van der Waals surface area contributed by atoms with Crippen molar-refractivity contribution in [1.29, 1.82) is 0 Å². The molecular formula is C46H31MnN4O2. The number of fused-ring (bicyclic) bond motifs is 8. The summed E-state index contributed by atoms with van der Waals surface area (Å²) in [7, 11) is 0. The van der Waals surface area contributed by atoms with Gasteiger partial charge in [0.25, 0.3) is 0 Å². The molecule has 0 aliphatic carbocycles. The van der Waals surface area contributed by atoms with Gasteiger partial charge in [-0.2, -0.15) is 0 Å². The molecule has 0 saturated carbocycles. The molecular weight excluding hydrogens is 695 g/mol. The summed E-state index contributed by atoms with van der Waals surface area (Å²) in [5.74, 6) is -1.08. The Kier molecular flexibility index (Phi) is 10.1. The van der Waals surface area contributed by atoms with Crippen molar-refractivity contribution < 1.29 is 27.0 Å². The molecule has 0 spiro atoms. The largest absolute Gasteiger partial charge is 3.00 e. The number of hydrogen-bond acceptors (Lipinski definition) is 4. The van der Waals surface area contributed by atoms with Crippen molar-refractivity contribution in [3.05, 3.63) is 168 Å². The standard InChI is InChI=1S/C44H28N4.C2H4O2.Mn/c1-5-13-29(14-6-1)41-33-21-23-35(45-33)42(30-15-7-2-8-16-30)37-25-27-39(47-37)44(32-19-11-4-12-20-32)40-28-26-38(48-40)43(31-17-9-3-10-18-31)36-24-22-34(41)46-36;1-2(3)4;/h1-28H;1H3,(H,3,4);/q-2;;+3/p-1. The molecule has 7 heteroatoms. The predicted octanol–water partition coefficient (Wildman–Crippen LogP) is 9.34. The zero-order chi connectivity index (χ0) is 35.4. The van der Waals surface area contributed by atoms with E-state index in [9.17, 15) is 0 Å². The Labute approximate surface area is 317 Å². The molecule has 7 aromatic rings. The quantitative estimate of drug-likeness (QED) is 0.168. The first kappa shape index (κ1) is 34.9. The summed E-state index contributed by atoms with van der Waals surface area (Å²) in [6, 6.07) is 50.0. The van der Waals surface area contributed by atoms with Gasteiger partial charge in [-0.05, 0) is 75.7 Å². The first-order valence-corrected chi connectivity index (χ1v) is 17.0. The Morgan fingerprint density at radius 2 is 0.623 bits per heavy atom. The fraction of sp³-hybridized carbons (Fsp3) is 0.0217. The van der Waals surface area contributed by atoms with Crippen LogP contribution in [0.1, 0.15) is 29.7 Å². The van der Waals surface area contributed by atoms with Crippen LogP contribution in [0.25, 0.3) is 90.9 Å². The molecule has 0 unspecified atom stereocenters. The van der Waals surface area contributed by atoms with E-state index in [0.717, 1.165) is 96.3 Å². The summed E-state index contributed by atoms with van der Waals surface area (Å²) in [4.78, 5) is 30.1. The molecule has 0 fully saturated rings. The van der Waals surface area contributed by atoms with Gasteiger partial charge >= 0.3 is 17.1 Å². The van der Waals surface area contributed by atoms with Gasteiger partial charge in [0, 0.05) is 5.97 Å². The van der Waals surface area contributed by atoms with Crippen LogP contribution >= 0.6 is 0 Å². The van der Waals surface area contributed by atoms with Crippen LogP contribution in [0.15, 0.2) is 146 Å².